The molecule has 3 aromatic rings. The van der Waals surface area contributed by atoms with Gasteiger partial charge < -0.3 is 15.0 Å². The average molecular weight is 397 g/mol. The number of carbonyl (C=O) groups excluding carboxylic acids is 2. The first kappa shape index (κ1) is 20.0. The summed E-state index contributed by atoms with van der Waals surface area (Å²) in [6.45, 7) is 3.86. The number of thioether (sulfide) groups is 1. The topological polar surface area (TPSA) is 71.2 Å². The number of rotatable bonds is 7. The van der Waals surface area contributed by atoms with Crippen LogP contribution in [-0.2, 0) is 20.7 Å². The molecule has 0 unspecified atom stereocenters. The molecule has 0 aliphatic carbocycles. The standard InChI is InChI=1S/C22H24N2O3S/c1-14-8-10-17(11-9-14)28-15(2)21(25)24-20(22(26)27-3)12-16-13-23-19-7-5-4-6-18(16)19/h4-11,13,15,20,23H,12H2,1-3H3,(H,24,25)/t15-,20-/m1/s1. The van der Waals surface area contributed by atoms with Gasteiger partial charge in [0.15, 0.2) is 0 Å². The number of carbonyl (C=O) groups is 2. The van der Waals surface area contributed by atoms with Gasteiger partial charge in [-0.1, -0.05) is 35.9 Å². The maximum atomic E-state index is 12.7. The van der Waals surface area contributed by atoms with Crippen molar-refractivity contribution in [2.45, 2.75) is 36.5 Å². The molecule has 5 nitrogen and oxygen atoms in total. The van der Waals surface area contributed by atoms with Crippen LogP contribution < -0.4 is 5.32 Å². The lowest BCUT2D eigenvalue weighted by molar-refractivity contribution is -0.144. The van der Waals surface area contributed by atoms with E-state index in [1.165, 1.54) is 24.4 Å². The monoisotopic (exact) mass is 396 g/mol. The number of hydrogen-bond acceptors (Lipinski definition) is 4. The highest BCUT2D eigenvalue weighted by Crippen LogP contribution is 2.24. The molecule has 6 heteroatoms. The maximum Gasteiger partial charge on any atom is 0.328 e. The minimum Gasteiger partial charge on any atom is -0.467 e. The first-order valence-electron chi connectivity index (χ1n) is 9.14. The highest BCUT2D eigenvalue weighted by atomic mass is 32.2. The van der Waals surface area contributed by atoms with Crippen LogP contribution in [0.3, 0.4) is 0 Å². The number of nitrogens with one attached hydrogen (secondary N) is 2. The Hall–Kier alpha value is -2.73. The number of aromatic amines is 1. The van der Waals surface area contributed by atoms with Crippen molar-refractivity contribution in [3.8, 4) is 0 Å². The van der Waals surface area contributed by atoms with Crippen LogP contribution in [0.1, 0.15) is 18.1 Å². The summed E-state index contributed by atoms with van der Waals surface area (Å²) in [5.74, 6) is -0.646. The number of esters is 1. The van der Waals surface area contributed by atoms with E-state index in [2.05, 4.69) is 10.3 Å². The van der Waals surface area contributed by atoms with E-state index in [0.29, 0.717) is 6.42 Å². The summed E-state index contributed by atoms with van der Waals surface area (Å²) in [7, 11) is 1.33. The second kappa shape index (κ2) is 8.97. The molecule has 0 saturated carbocycles. The zero-order chi connectivity index (χ0) is 20.1. The van der Waals surface area contributed by atoms with Gasteiger partial charge in [-0.2, -0.15) is 0 Å². The molecule has 3 rings (SSSR count). The predicted octanol–water partition coefficient (Wildman–Crippen LogP) is 3.86. The van der Waals surface area contributed by atoms with Crippen molar-refractivity contribution in [2.75, 3.05) is 7.11 Å². The molecule has 0 radical (unpaired) electrons. The third-order valence-corrected chi connectivity index (χ3v) is 5.72. The Bertz CT molecular complexity index is 965. The summed E-state index contributed by atoms with van der Waals surface area (Å²) in [6, 6.07) is 15.2. The Balaban J connectivity index is 1.70. The largest absolute Gasteiger partial charge is 0.467 e. The van der Waals surface area contributed by atoms with Gasteiger partial charge in [-0.3, -0.25) is 4.79 Å². The summed E-state index contributed by atoms with van der Waals surface area (Å²) in [4.78, 5) is 29.2. The first-order chi connectivity index (χ1) is 13.5. The van der Waals surface area contributed by atoms with Gasteiger partial charge in [-0.15, -0.1) is 11.8 Å². The van der Waals surface area contributed by atoms with E-state index in [-0.39, 0.29) is 11.2 Å². The summed E-state index contributed by atoms with van der Waals surface area (Å²) in [5, 5.41) is 3.55. The van der Waals surface area contributed by atoms with Gasteiger partial charge in [0.05, 0.1) is 12.4 Å². The lowest BCUT2D eigenvalue weighted by Gasteiger charge is -2.19. The van der Waals surface area contributed by atoms with Gasteiger partial charge in [0.2, 0.25) is 5.91 Å². The maximum absolute atomic E-state index is 12.7. The van der Waals surface area contributed by atoms with Crippen molar-refractivity contribution in [3.63, 3.8) is 0 Å². The van der Waals surface area contributed by atoms with Gasteiger partial charge in [-0.05, 0) is 37.6 Å². The molecule has 0 spiro atoms. The van der Waals surface area contributed by atoms with Crippen molar-refractivity contribution in [2.24, 2.45) is 0 Å². The summed E-state index contributed by atoms with van der Waals surface area (Å²) < 4.78 is 4.91. The van der Waals surface area contributed by atoms with Crippen LogP contribution >= 0.6 is 11.8 Å². The van der Waals surface area contributed by atoms with Crippen molar-refractivity contribution >= 4 is 34.5 Å². The smallest absolute Gasteiger partial charge is 0.328 e. The van der Waals surface area contributed by atoms with Gasteiger partial charge >= 0.3 is 5.97 Å². The fourth-order valence-corrected chi connectivity index (χ4v) is 3.90. The predicted molar refractivity (Wildman–Crippen MR) is 112 cm³/mol. The molecule has 1 heterocycles. The number of aryl methyl sites for hydroxylation is 1. The molecule has 0 aliphatic rings. The molecule has 2 atom stereocenters. The molecule has 28 heavy (non-hydrogen) atoms. The van der Waals surface area contributed by atoms with E-state index in [1.807, 2.05) is 68.6 Å². The highest BCUT2D eigenvalue weighted by molar-refractivity contribution is 8.00. The molecule has 0 bridgehead atoms. The molecule has 0 saturated heterocycles. The minimum atomic E-state index is -0.738. The molecule has 1 amide bonds. The average Bonchev–Trinajstić information content (AvgIpc) is 3.11. The van der Waals surface area contributed by atoms with E-state index in [1.54, 1.807) is 0 Å². The number of methoxy groups -OCH3 is 1. The van der Waals surface area contributed by atoms with E-state index in [0.717, 1.165) is 21.4 Å². The first-order valence-corrected chi connectivity index (χ1v) is 10.0. The summed E-state index contributed by atoms with van der Waals surface area (Å²) >= 11 is 1.46. The zero-order valence-corrected chi connectivity index (χ0v) is 17.0. The van der Waals surface area contributed by atoms with Gasteiger partial charge in [0, 0.05) is 28.4 Å². The second-order valence-electron chi connectivity index (χ2n) is 6.72. The minimum absolute atomic E-state index is 0.194. The molecule has 0 fully saturated rings. The third-order valence-electron chi connectivity index (χ3n) is 4.60. The summed E-state index contributed by atoms with van der Waals surface area (Å²) in [5.41, 5.74) is 3.13. The number of para-hydroxylation sites is 1. The normalized spacial score (nSPS) is 13.1. The van der Waals surface area contributed by atoms with E-state index in [9.17, 15) is 9.59 Å². The second-order valence-corrected chi connectivity index (χ2v) is 8.14. The van der Waals surface area contributed by atoms with Gasteiger partial charge in [0.25, 0.3) is 0 Å². The van der Waals surface area contributed by atoms with Gasteiger partial charge in [0.1, 0.15) is 6.04 Å². The number of benzene rings is 2. The fourth-order valence-electron chi connectivity index (χ4n) is 3.02. The van der Waals surface area contributed by atoms with Crippen LogP contribution in [0.2, 0.25) is 0 Å². The van der Waals surface area contributed by atoms with Crippen LogP contribution in [0, 0.1) is 6.92 Å². The number of H-pyrrole nitrogens is 1. The Morgan fingerprint density at radius 3 is 2.57 bits per heavy atom. The van der Waals surface area contributed by atoms with Crippen LogP contribution in [-0.4, -0.2) is 35.3 Å². The zero-order valence-electron chi connectivity index (χ0n) is 16.2. The van der Waals surface area contributed by atoms with Crippen LogP contribution in [0.25, 0.3) is 10.9 Å². The van der Waals surface area contributed by atoms with E-state index in [4.69, 9.17) is 4.74 Å². The van der Waals surface area contributed by atoms with Crippen molar-refractivity contribution in [1.29, 1.82) is 0 Å². The Morgan fingerprint density at radius 1 is 1.14 bits per heavy atom. The molecular formula is C22H24N2O3S. The molecule has 146 valence electrons. The van der Waals surface area contributed by atoms with Crippen molar-refractivity contribution in [1.82, 2.24) is 10.3 Å². The van der Waals surface area contributed by atoms with Crippen molar-refractivity contribution in [3.05, 3.63) is 65.9 Å². The number of aromatic nitrogens is 1. The fraction of sp³-hybridized carbons (Fsp3) is 0.273. The van der Waals surface area contributed by atoms with Crippen LogP contribution in [0.5, 0.6) is 0 Å². The van der Waals surface area contributed by atoms with Crippen LogP contribution in [0.15, 0.2) is 59.6 Å². The Kier molecular flexibility index (Phi) is 6.41. The lowest BCUT2D eigenvalue weighted by Crippen LogP contribution is -2.45. The molecule has 0 aliphatic heterocycles. The molecule has 2 aromatic carbocycles. The molecule has 1 aromatic heterocycles. The van der Waals surface area contributed by atoms with E-state index >= 15 is 0 Å². The quantitative estimate of drug-likeness (QED) is 0.470. The summed E-state index contributed by atoms with van der Waals surface area (Å²) in [6.07, 6.45) is 2.24. The number of amides is 1. The SMILES string of the molecule is COC(=O)[C@@H](Cc1c[nH]c2ccccc12)NC(=O)[C@@H](C)Sc1ccc(C)cc1. The number of fused-ring (bicyclic) bond motifs is 1. The lowest BCUT2D eigenvalue weighted by atomic mass is 10.0. The Labute approximate surface area is 168 Å². The number of ether oxygens (including phenoxy) is 1. The highest BCUT2D eigenvalue weighted by Gasteiger charge is 2.26. The van der Waals surface area contributed by atoms with Crippen molar-refractivity contribution < 1.29 is 14.3 Å². The number of hydrogen-bond donors (Lipinski definition) is 2. The Morgan fingerprint density at radius 2 is 1.86 bits per heavy atom. The van der Waals surface area contributed by atoms with Crippen LogP contribution in [0.4, 0.5) is 0 Å². The molecule has 2 N–H and O–H groups in total. The van der Waals surface area contributed by atoms with Gasteiger partial charge in [-0.25, -0.2) is 4.79 Å². The third kappa shape index (κ3) is 4.75. The molecular weight excluding hydrogens is 372 g/mol. The van der Waals surface area contributed by atoms with E-state index < -0.39 is 12.0 Å².